The molecule has 0 bridgehead atoms. The fourth-order valence-electron chi connectivity index (χ4n) is 0.810. The third kappa shape index (κ3) is 1.69. The second-order valence-corrected chi connectivity index (χ2v) is 2.55. The van der Waals surface area contributed by atoms with E-state index in [9.17, 15) is 4.79 Å². The lowest BCUT2D eigenvalue weighted by molar-refractivity contribution is 0.0995. The number of amides is 1. The van der Waals surface area contributed by atoms with Gasteiger partial charge < -0.3 is 5.73 Å². The maximum absolute atomic E-state index is 10.7. The van der Waals surface area contributed by atoms with Gasteiger partial charge in [-0.15, -0.1) is 0 Å². The summed E-state index contributed by atoms with van der Waals surface area (Å²) >= 11 is 0. The van der Waals surface area contributed by atoms with Crippen molar-refractivity contribution in [2.75, 3.05) is 0 Å². The Morgan fingerprint density at radius 2 is 2.08 bits per heavy atom. The highest BCUT2D eigenvalue weighted by Gasteiger charge is 2.02. The molecule has 1 amide bonds. The molecule has 0 aromatic carbocycles. The summed E-state index contributed by atoms with van der Waals surface area (Å²) in [5.74, 6) is -0.516. The number of nitrogens with two attached hydrogens (primary N) is 1. The van der Waals surface area contributed by atoms with Crippen LogP contribution in [-0.2, 0) is 0 Å². The van der Waals surface area contributed by atoms with E-state index in [0.29, 0.717) is 5.69 Å². The summed E-state index contributed by atoms with van der Waals surface area (Å²) in [5, 5.41) is 0. The number of hydrogen-bond acceptors (Lipinski definition) is 2. The third-order valence-corrected chi connectivity index (χ3v) is 1.44. The number of carbonyl (C=O) groups is 1. The Labute approximate surface area is 70.9 Å². The molecule has 0 aliphatic rings. The highest BCUT2D eigenvalue weighted by Crippen LogP contribution is 2.07. The minimum Gasteiger partial charge on any atom is -0.364 e. The minimum atomic E-state index is -0.516. The lowest BCUT2D eigenvalue weighted by Gasteiger charge is -1.99. The first-order valence-electron chi connectivity index (χ1n) is 3.54. The van der Waals surface area contributed by atoms with Crippen molar-refractivity contribution in [3.63, 3.8) is 0 Å². The number of carbonyl (C=O) groups excluding carboxylic acids is 1. The molecule has 0 radical (unpaired) electrons. The van der Waals surface area contributed by atoms with E-state index in [1.165, 1.54) is 0 Å². The molecule has 0 spiro atoms. The van der Waals surface area contributed by atoms with Gasteiger partial charge in [-0.25, -0.2) is 4.98 Å². The van der Waals surface area contributed by atoms with Crippen LogP contribution in [0, 0.1) is 0 Å². The summed E-state index contributed by atoms with van der Waals surface area (Å²) < 4.78 is 0. The molecule has 2 N–H and O–H groups in total. The molecular formula is C9H10N2O. The smallest absolute Gasteiger partial charge is 0.267 e. The number of rotatable bonds is 2. The van der Waals surface area contributed by atoms with E-state index in [-0.39, 0.29) is 5.69 Å². The van der Waals surface area contributed by atoms with Crippen LogP contribution in [0.1, 0.15) is 23.1 Å². The normalized spacial score (nSPS) is 9.42. The Bertz CT molecular complexity index is 302. The van der Waals surface area contributed by atoms with Crippen LogP contribution in [0.25, 0.3) is 5.57 Å². The van der Waals surface area contributed by atoms with Crippen LogP contribution in [0.5, 0.6) is 0 Å². The molecular weight excluding hydrogens is 152 g/mol. The zero-order chi connectivity index (χ0) is 9.14. The second-order valence-electron chi connectivity index (χ2n) is 2.55. The zero-order valence-electron chi connectivity index (χ0n) is 6.87. The van der Waals surface area contributed by atoms with Gasteiger partial charge in [-0.05, 0) is 24.6 Å². The van der Waals surface area contributed by atoms with E-state index in [1.807, 2.05) is 6.92 Å². The Hall–Kier alpha value is -1.64. The number of hydrogen-bond donors (Lipinski definition) is 1. The molecule has 0 fully saturated rings. The van der Waals surface area contributed by atoms with Gasteiger partial charge in [0.05, 0.1) is 5.69 Å². The van der Waals surface area contributed by atoms with Crippen molar-refractivity contribution in [3.05, 3.63) is 36.2 Å². The molecule has 62 valence electrons. The molecule has 3 nitrogen and oxygen atoms in total. The number of aromatic nitrogens is 1. The van der Waals surface area contributed by atoms with Crippen molar-refractivity contribution in [2.24, 2.45) is 5.73 Å². The summed E-state index contributed by atoms with van der Waals surface area (Å²) in [4.78, 5) is 14.7. The Balaban J connectivity index is 3.12. The lowest BCUT2D eigenvalue weighted by atomic mass is 10.2. The minimum absolute atomic E-state index is 0.274. The third-order valence-electron chi connectivity index (χ3n) is 1.44. The molecule has 0 unspecified atom stereocenters. The molecule has 1 rings (SSSR count). The van der Waals surface area contributed by atoms with Gasteiger partial charge >= 0.3 is 0 Å². The van der Waals surface area contributed by atoms with Crippen LogP contribution >= 0.6 is 0 Å². The predicted octanol–water partition coefficient (Wildman–Crippen LogP) is 1.21. The lowest BCUT2D eigenvalue weighted by Crippen LogP contribution is -2.13. The summed E-state index contributed by atoms with van der Waals surface area (Å²) in [6.45, 7) is 5.54. The molecule has 1 aromatic rings. The van der Waals surface area contributed by atoms with Gasteiger partial charge in [0.25, 0.3) is 5.91 Å². The Kier molecular flexibility index (Phi) is 2.24. The van der Waals surface area contributed by atoms with Crippen LogP contribution in [0.15, 0.2) is 24.8 Å². The summed E-state index contributed by atoms with van der Waals surface area (Å²) in [5.41, 5.74) is 6.84. The predicted molar refractivity (Wildman–Crippen MR) is 47.5 cm³/mol. The maximum atomic E-state index is 10.7. The molecule has 12 heavy (non-hydrogen) atoms. The zero-order valence-corrected chi connectivity index (χ0v) is 6.87. The molecule has 0 aliphatic heterocycles. The van der Waals surface area contributed by atoms with Crippen molar-refractivity contribution in [1.82, 2.24) is 4.98 Å². The van der Waals surface area contributed by atoms with Crippen molar-refractivity contribution >= 4 is 11.5 Å². The van der Waals surface area contributed by atoms with E-state index >= 15 is 0 Å². The average molecular weight is 162 g/mol. The summed E-state index contributed by atoms with van der Waals surface area (Å²) in [7, 11) is 0. The van der Waals surface area contributed by atoms with Crippen molar-refractivity contribution < 1.29 is 4.79 Å². The van der Waals surface area contributed by atoms with Gasteiger partial charge in [0.1, 0.15) is 5.69 Å². The molecule has 3 heteroatoms. The molecule has 1 aromatic heterocycles. The van der Waals surface area contributed by atoms with Gasteiger partial charge in [-0.1, -0.05) is 12.6 Å². The first-order chi connectivity index (χ1) is 5.61. The molecule has 0 saturated carbocycles. The number of primary amides is 1. The highest BCUT2D eigenvalue weighted by molar-refractivity contribution is 5.91. The van der Waals surface area contributed by atoms with Crippen molar-refractivity contribution in [1.29, 1.82) is 0 Å². The van der Waals surface area contributed by atoms with Gasteiger partial charge in [-0.3, -0.25) is 4.79 Å². The van der Waals surface area contributed by atoms with Crippen LogP contribution in [0.3, 0.4) is 0 Å². The first-order valence-corrected chi connectivity index (χ1v) is 3.54. The maximum Gasteiger partial charge on any atom is 0.267 e. The van der Waals surface area contributed by atoms with E-state index in [1.54, 1.807) is 18.2 Å². The SMILES string of the molecule is C=C(C)c1cccc(C(N)=O)n1. The molecule has 0 aliphatic carbocycles. The monoisotopic (exact) mass is 162 g/mol. The summed E-state index contributed by atoms with van der Waals surface area (Å²) in [6.07, 6.45) is 0. The van der Waals surface area contributed by atoms with Crippen LogP contribution in [-0.4, -0.2) is 10.9 Å². The molecule has 1 heterocycles. The van der Waals surface area contributed by atoms with E-state index in [2.05, 4.69) is 11.6 Å². The topological polar surface area (TPSA) is 56.0 Å². The largest absolute Gasteiger partial charge is 0.364 e. The van der Waals surface area contributed by atoms with E-state index in [0.717, 1.165) is 5.57 Å². The van der Waals surface area contributed by atoms with Crippen LogP contribution in [0.2, 0.25) is 0 Å². The second kappa shape index (κ2) is 3.17. The average Bonchev–Trinajstić information content (AvgIpc) is 2.04. The fraction of sp³-hybridized carbons (Fsp3) is 0.111. The fourth-order valence-corrected chi connectivity index (χ4v) is 0.810. The first kappa shape index (κ1) is 8.46. The van der Waals surface area contributed by atoms with Crippen molar-refractivity contribution in [2.45, 2.75) is 6.92 Å². The van der Waals surface area contributed by atoms with Gasteiger partial charge in [0, 0.05) is 0 Å². The van der Waals surface area contributed by atoms with Crippen LogP contribution in [0.4, 0.5) is 0 Å². The number of allylic oxidation sites excluding steroid dienone is 1. The number of nitrogens with zero attached hydrogens (tertiary/aromatic N) is 1. The highest BCUT2D eigenvalue weighted by atomic mass is 16.1. The van der Waals surface area contributed by atoms with E-state index < -0.39 is 5.91 Å². The van der Waals surface area contributed by atoms with Gasteiger partial charge in [-0.2, -0.15) is 0 Å². The molecule has 0 atom stereocenters. The summed E-state index contributed by atoms with van der Waals surface area (Å²) in [6, 6.07) is 5.10. The van der Waals surface area contributed by atoms with E-state index in [4.69, 9.17) is 5.73 Å². The van der Waals surface area contributed by atoms with Crippen LogP contribution < -0.4 is 5.73 Å². The van der Waals surface area contributed by atoms with Crippen molar-refractivity contribution in [3.8, 4) is 0 Å². The quantitative estimate of drug-likeness (QED) is 0.710. The standard InChI is InChI=1S/C9H10N2O/c1-6(2)7-4-3-5-8(11-7)9(10)12/h3-5H,1H2,2H3,(H2,10,12). The number of pyridine rings is 1. The van der Waals surface area contributed by atoms with Gasteiger partial charge in [0.15, 0.2) is 0 Å². The molecule has 0 saturated heterocycles. The van der Waals surface area contributed by atoms with Gasteiger partial charge in [0.2, 0.25) is 0 Å². The Morgan fingerprint density at radius 1 is 1.50 bits per heavy atom. The Morgan fingerprint density at radius 3 is 2.58 bits per heavy atom.